The molecule has 0 aliphatic rings. The third-order valence-corrected chi connectivity index (χ3v) is 3.95. The Bertz CT molecular complexity index is 923. The smallest absolute Gasteiger partial charge is 0.338 e. The van der Waals surface area contributed by atoms with E-state index in [2.05, 4.69) is 10.3 Å². The highest BCUT2D eigenvalue weighted by atomic mass is 35.5. The molecule has 3 rings (SSSR count). The second-order valence-electron chi connectivity index (χ2n) is 4.76. The predicted molar refractivity (Wildman–Crippen MR) is 89.4 cm³/mol. The van der Waals surface area contributed by atoms with Crippen LogP contribution in [0.4, 0.5) is 5.69 Å². The van der Waals surface area contributed by atoms with Crippen molar-refractivity contribution in [3.63, 3.8) is 0 Å². The molecular formula is C16H10Cl2N2O4. The molecule has 122 valence electrons. The molecule has 0 atom stereocenters. The molecule has 0 unspecified atom stereocenters. The first-order valence-corrected chi connectivity index (χ1v) is 7.54. The lowest BCUT2D eigenvalue weighted by Crippen LogP contribution is -2.21. The van der Waals surface area contributed by atoms with Crippen molar-refractivity contribution < 1.29 is 18.7 Å². The second-order valence-corrected chi connectivity index (χ2v) is 5.55. The lowest BCUT2D eigenvalue weighted by atomic mass is 10.2. The Kier molecular flexibility index (Phi) is 4.69. The molecule has 0 saturated carbocycles. The van der Waals surface area contributed by atoms with Crippen molar-refractivity contribution in [2.45, 2.75) is 0 Å². The van der Waals surface area contributed by atoms with E-state index in [9.17, 15) is 9.59 Å². The Morgan fingerprint density at radius 3 is 2.88 bits per heavy atom. The number of nitrogens with zero attached hydrogens (tertiary/aromatic N) is 1. The molecule has 1 aromatic heterocycles. The largest absolute Gasteiger partial charge is 0.452 e. The van der Waals surface area contributed by atoms with Crippen LogP contribution in [0.1, 0.15) is 10.4 Å². The van der Waals surface area contributed by atoms with Gasteiger partial charge in [-0.15, -0.1) is 0 Å². The molecular weight excluding hydrogens is 355 g/mol. The number of carbonyl (C=O) groups is 2. The lowest BCUT2D eigenvalue weighted by Gasteiger charge is -2.08. The Hall–Kier alpha value is -2.57. The van der Waals surface area contributed by atoms with E-state index in [1.54, 1.807) is 30.3 Å². The summed E-state index contributed by atoms with van der Waals surface area (Å²) in [6.07, 6.45) is 1.28. The van der Waals surface area contributed by atoms with Crippen molar-refractivity contribution in [1.29, 1.82) is 0 Å². The Balaban J connectivity index is 1.61. The van der Waals surface area contributed by atoms with Crippen LogP contribution in [0.2, 0.25) is 10.0 Å². The summed E-state index contributed by atoms with van der Waals surface area (Å²) in [6.45, 7) is -0.462. The minimum atomic E-state index is -0.652. The molecule has 6 nitrogen and oxygen atoms in total. The molecule has 0 spiro atoms. The van der Waals surface area contributed by atoms with Crippen LogP contribution in [0.5, 0.6) is 0 Å². The van der Waals surface area contributed by atoms with Gasteiger partial charge in [-0.25, -0.2) is 9.78 Å². The van der Waals surface area contributed by atoms with Crippen LogP contribution in [0, 0.1) is 0 Å². The van der Waals surface area contributed by atoms with Crippen LogP contribution in [0.15, 0.2) is 47.2 Å². The summed E-state index contributed by atoms with van der Waals surface area (Å²) in [4.78, 5) is 27.8. The van der Waals surface area contributed by atoms with Crippen LogP contribution in [-0.4, -0.2) is 23.5 Å². The number of ether oxygens (including phenoxy) is 1. The SMILES string of the molecule is O=C(COC(=O)c1ccc2ncoc2c1)Nc1cccc(Cl)c1Cl. The topological polar surface area (TPSA) is 81.4 Å². The summed E-state index contributed by atoms with van der Waals surface area (Å²) >= 11 is 11.8. The van der Waals surface area contributed by atoms with Gasteiger partial charge in [-0.3, -0.25) is 4.79 Å². The van der Waals surface area contributed by atoms with Crippen molar-refractivity contribution >= 4 is 51.9 Å². The standard InChI is InChI=1S/C16H10Cl2N2O4/c17-10-2-1-3-12(15(10)18)20-14(21)7-23-16(22)9-4-5-11-13(6-9)24-8-19-11/h1-6,8H,7H2,(H,20,21). The van der Waals surface area contributed by atoms with E-state index in [1.807, 2.05) is 0 Å². The highest BCUT2D eigenvalue weighted by molar-refractivity contribution is 6.44. The highest BCUT2D eigenvalue weighted by Gasteiger charge is 2.13. The molecule has 0 aliphatic carbocycles. The number of rotatable bonds is 4. The Morgan fingerprint density at radius 2 is 2.04 bits per heavy atom. The fraction of sp³-hybridized carbons (Fsp3) is 0.0625. The molecule has 1 N–H and O–H groups in total. The Labute approximate surface area is 146 Å². The van der Waals surface area contributed by atoms with Gasteiger partial charge in [-0.2, -0.15) is 0 Å². The van der Waals surface area contributed by atoms with E-state index in [1.165, 1.54) is 12.5 Å². The van der Waals surface area contributed by atoms with E-state index in [4.69, 9.17) is 32.4 Å². The molecule has 1 heterocycles. The zero-order valence-electron chi connectivity index (χ0n) is 12.1. The first-order chi connectivity index (χ1) is 11.5. The van der Waals surface area contributed by atoms with Gasteiger partial charge in [0.2, 0.25) is 0 Å². The Morgan fingerprint density at radius 1 is 1.21 bits per heavy atom. The van der Waals surface area contributed by atoms with Crippen LogP contribution in [0.25, 0.3) is 11.1 Å². The summed E-state index contributed by atoms with van der Waals surface area (Å²) in [5, 5.41) is 3.05. The van der Waals surface area contributed by atoms with Crippen molar-refractivity contribution in [2.75, 3.05) is 11.9 Å². The predicted octanol–water partition coefficient (Wildman–Crippen LogP) is 3.93. The van der Waals surface area contributed by atoms with Gasteiger partial charge in [0.15, 0.2) is 18.6 Å². The van der Waals surface area contributed by atoms with E-state index in [0.717, 1.165) is 0 Å². The minimum absolute atomic E-state index is 0.217. The fourth-order valence-corrected chi connectivity index (χ4v) is 2.33. The van der Waals surface area contributed by atoms with Gasteiger partial charge in [-0.05, 0) is 30.3 Å². The molecule has 0 fully saturated rings. The summed E-state index contributed by atoms with van der Waals surface area (Å²) in [5.41, 5.74) is 1.68. The number of amides is 1. The number of hydrogen-bond acceptors (Lipinski definition) is 5. The number of nitrogens with one attached hydrogen (secondary N) is 1. The second kappa shape index (κ2) is 6.90. The van der Waals surface area contributed by atoms with Gasteiger partial charge in [-0.1, -0.05) is 29.3 Å². The van der Waals surface area contributed by atoms with Gasteiger partial charge in [0, 0.05) is 0 Å². The molecule has 0 radical (unpaired) electrons. The monoisotopic (exact) mass is 364 g/mol. The number of benzene rings is 2. The fourth-order valence-electron chi connectivity index (χ4n) is 1.98. The number of carbonyl (C=O) groups excluding carboxylic acids is 2. The van der Waals surface area contributed by atoms with Crippen molar-refractivity contribution in [3.05, 3.63) is 58.4 Å². The molecule has 3 aromatic rings. The molecule has 8 heteroatoms. The molecule has 0 bridgehead atoms. The van der Waals surface area contributed by atoms with Crippen LogP contribution < -0.4 is 5.32 Å². The third kappa shape index (κ3) is 3.50. The van der Waals surface area contributed by atoms with Crippen LogP contribution in [0.3, 0.4) is 0 Å². The number of oxazole rings is 1. The van der Waals surface area contributed by atoms with E-state index in [-0.39, 0.29) is 10.6 Å². The average Bonchev–Trinajstić information content (AvgIpc) is 3.04. The van der Waals surface area contributed by atoms with Gasteiger partial charge in [0.1, 0.15) is 5.52 Å². The normalized spacial score (nSPS) is 10.6. The van der Waals surface area contributed by atoms with Crippen molar-refractivity contribution in [1.82, 2.24) is 4.98 Å². The molecule has 1 amide bonds. The van der Waals surface area contributed by atoms with Gasteiger partial charge < -0.3 is 14.5 Å². The van der Waals surface area contributed by atoms with Gasteiger partial charge >= 0.3 is 5.97 Å². The summed E-state index contributed by atoms with van der Waals surface area (Å²) in [7, 11) is 0. The number of anilines is 1. The number of esters is 1. The molecule has 2 aromatic carbocycles. The maximum Gasteiger partial charge on any atom is 0.338 e. The first-order valence-electron chi connectivity index (χ1n) is 6.79. The molecule has 24 heavy (non-hydrogen) atoms. The highest BCUT2D eigenvalue weighted by Crippen LogP contribution is 2.29. The zero-order valence-corrected chi connectivity index (χ0v) is 13.6. The number of halogens is 2. The minimum Gasteiger partial charge on any atom is -0.452 e. The van der Waals surface area contributed by atoms with Gasteiger partial charge in [0.25, 0.3) is 5.91 Å². The summed E-state index contributed by atoms with van der Waals surface area (Å²) < 4.78 is 10.1. The average molecular weight is 365 g/mol. The number of aromatic nitrogens is 1. The molecule has 0 saturated heterocycles. The zero-order chi connectivity index (χ0) is 17.1. The number of fused-ring (bicyclic) bond motifs is 1. The van der Waals surface area contributed by atoms with Crippen LogP contribution in [-0.2, 0) is 9.53 Å². The maximum atomic E-state index is 12.0. The maximum absolute atomic E-state index is 12.0. The summed E-state index contributed by atoms with van der Waals surface area (Å²) in [6, 6.07) is 9.49. The van der Waals surface area contributed by atoms with Crippen LogP contribution >= 0.6 is 23.2 Å². The quantitative estimate of drug-likeness (QED) is 0.709. The van der Waals surface area contributed by atoms with E-state index in [0.29, 0.717) is 21.8 Å². The van der Waals surface area contributed by atoms with Crippen molar-refractivity contribution in [2.24, 2.45) is 0 Å². The van der Waals surface area contributed by atoms with E-state index >= 15 is 0 Å². The van der Waals surface area contributed by atoms with Crippen molar-refractivity contribution in [3.8, 4) is 0 Å². The third-order valence-electron chi connectivity index (χ3n) is 3.13. The van der Waals surface area contributed by atoms with Gasteiger partial charge in [0.05, 0.1) is 21.3 Å². The lowest BCUT2D eigenvalue weighted by molar-refractivity contribution is -0.119. The first kappa shape index (κ1) is 16.3. The van der Waals surface area contributed by atoms with E-state index < -0.39 is 18.5 Å². The number of hydrogen-bond donors (Lipinski definition) is 1. The summed E-state index contributed by atoms with van der Waals surface area (Å²) in [5.74, 6) is -1.19. The molecule has 0 aliphatic heterocycles.